The molecule has 2 N–H and O–H groups in total. The predicted octanol–water partition coefficient (Wildman–Crippen LogP) is 4.84. The molecule has 1 aliphatic heterocycles. The van der Waals surface area contributed by atoms with E-state index in [0.29, 0.717) is 40.9 Å². The minimum absolute atomic E-state index is 0.0259. The van der Waals surface area contributed by atoms with Crippen LogP contribution in [0.15, 0.2) is 55.3 Å². The summed E-state index contributed by atoms with van der Waals surface area (Å²) in [5.74, 6) is 1.60. The van der Waals surface area contributed by atoms with Gasteiger partial charge in [0.2, 0.25) is 11.9 Å². The number of urea groups is 1. The fourth-order valence-corrected chi connectivity index (χ4v) is 4.63. The molecule has 0 spiro atoms. The van der Waals surface area contributed by atoms with Crippen LogP contribution in [0.5, 0.6) is 11.5 Å². The first-order chi connectivity index (χ1) is 20.6. The van der Waals surface area contributed by atoms with Gasteiger partial charge in [0, 0.05) is 44.0 Å². The summed E-state index contributed by atoms with van der Waals surface area (Å²) in [6.07, 6.45) is 2.94. The summed E-state index contributed by atoms with van der Waals surface area (Å²) < 4.78 is 11.0. The van der Waals surface area contributed by atoms with Crippen LogP contribution in [0.2, 0.25) is 0 Å². The summed E-state index contributed by atoms with van der Waals surface area (Å²) in [7, 11) is 9.13. The van der Waals surface area contributed by atoms with E-state index >= 15 is 0 Å². The van der Waals surface area contributed by atoms with E-state index in [-0.39, 0.29) is 23.9 Å². The number of ether oxygens (including phenoxy) is 2. The van der Waals surface area contributed by atoms with Crippen LogP contribution >= 0.6 is 0 Å². The molecule has 12 nitrogen and oxygen atoms in total. The molecule has 3 amide bonds. The first kappa shape index (κ1) is 31.1. The summed E-state index contributed by atoms with van der Waals surface area (Å²) in [5, 5.41) is 6.14. The first-order valence-corrected chi connectivity index (χ1v) is 13.9. The normalized spacial score (nSPS) is 12.7. The van der Waals surface area contributed by atoms with Gasteiger partial charge in [-0.2, -0.15) is 4.98 Å². The number of carbonyl (C=O) groups is 2. The van der Waals surface area contributed by atoms with Crippen LogP contribution in [-0.4, -0.2) is 86.2 Å². The highest BCUT2D eigenvalue weighted by Crippen LogP contribution is 2.39. The smallest absolute Gasteiger partial charge is 0.330 e. The maximum atomic E-state index is 13.7. The van der Waals surface area contributed by atoms with Crippen LogP contribution in [0.1, 0.15) is 19.4 Å². The van der Waals surface area contributed by atoms with Crippen LogP contribution in [0.3, 0.4) is 0 Å². The van der Waals surface area contributed by atoms with Gasteiger partial charge in [-0.3, -0.25) is 4.79 Å². The fraction of sp³-hybridized carbons (Fsp3) is 0.355. The van der Waals surface area contributed by atoms with Crippen molar-refractivity contribution in [1.29, 1.82) is 0 Å². The number of fused-ring (bicyclic) bond motifs is 1. The third-order valence-electron chi connectivity index (χ3n) is 7.09. The van der Waals surface area contributed by atoms with Crippen molar-refractivity contribution >= 4 is 46.5 Å². The summed E-state index contributed by atoms with van der Waals surface area (Å²) >= 11 is 0. The van der Waals surface area contributed by atoms with Gasteiger partial charge >= 0.3 is 6.03 Å². The Morgan fingerprint density at radius 3 is 2.42 bits per heavy atom. The number of carbonyl (C=O) groups excluding carboxylic acids is 2. The van der Waals surface area contributed by atoms with Crippen molar-refractivity contribution in [1.82, 2.24) is 19.8 Å². The highest BCUT2D eigenvalue weighted by atomic mass is 16.5. The lowest BCUT2D eigenvalue weighted by molar-refractivity contribution is -0.111. The van der Waals surface area contributed by atoms with E-state index in [1.54, 1.807) is 48.4 Å². The third kappa shape index (κ3) is 6.97. The molecule has 0 atom stereocenters. The van der Waals surface area contributed by atoms with Crippen molar-refractivity contribution in [3.8, 4) is 11.5 Å². The summed E-state index contributed by atoms with van der Waals surface area (Å²) in [5.41, 5.74) is 3.33. The molecule has 2 heterocycles. The lowest BCUT2D eigenvalue weighted by Gasteiger charge is -2.38. The molecule has 1 aliphatic rings. The molecule has 43 heavy (non-hydrogen) atoms. The molecule has 0 saturated carbocycles. The van der Waals surface area contributed by atoms with Crippen LogP contribution in [0.25, 0.3) is 0 Å². The lowest BCUT2D eigenvalue weighted by atomic mass is 10.1. The summed E-state index contributed by atoms with van der Waals surface area (Å²) in [6.45, 7) is 9.45. The number of hydrogen-bond donors (Lipinski definition) is 2. The maximum Gasteiger partial charge on any atom is 0.330 e. The second-order valence-corrected chi connectivity index (χ2v) is 10.7. The highest BCUT2D eigenvalue weighted by molar-refractivity contribution is 6.02. The summed E-state index contributed by atoms with van der Waals surface area (Å²) in [4.78, 5) is 42.9. The van der Waals surface area contributed by atoms with Crippen LogP contribution in [0, 0.1) is 0 Å². The van der Waals surface area contributed by atoms with E-state index < -0.39 is 0 Å². The monoisotopic (exact) mass is 588 g/mol. The number of rotatable bonds is 12. The minimum Gasteiger partial charge on any atom is -0.497 e. The Bertz CT molecular complexity index is 1480. The average Bonchev–Trinajstić information content (AvgIpc) is 2.99. The molecule has 2 aromatic carbocycles. The standard InChI is InChI=1S/C31H40N8O4/c1-9-28(40)33-24-16-25(27(43-8)17-26(24)37(6)15-14-36(4)5)34-30-32-18-21-19-38(20(2)3)31(41)39(29(21)35-30)22-10-12-23(42-7)13-11-22/h9-13,16-18,20H,1,14-15,19H2,2-8H3,(H,33,40)(H,32,34,35). The van der Waals surface area contributed by atoms with E-state index in [0.717, 1.165) is 24.3 Å². The van der Waals surface area contributed by atoms with Gasteiger partial charge in [0.1, 0.15) is 11.5 Å². The zero-order valence-electron chi connectivity index (χ0n) is 25.8. The number of aromatic nitrogens is 2. The zero-order chi connectivity index (χ0) is 31.3. The fourth-order valence-electron chi connectivity index (χ4n) is 4.63. The van der Waals surface area contributed by atoms with E-state index in [9.17, 15) is 9.59 Å². The lowest BCUT2D eigenvalue weighted by Crippen LogP contribution is -2.48. The molecule has 0 radical (unpaired) electrons. The van der Waals surface area contributed by atoms with Gasteiger partial charge in [0.05, 0.1) is 43.5 Å². The van der Waals surface area contributed by atoms with Crippen molar-refractivity contribution in [3.05, 3.63) is 60.8 Å². The topological polar surface area (TPSA) is 115 Å². The number of methoxy groups -OCH3 is 2. The number of benzene rings is 2. The maximum absolute atomic E-state index is 13.7. The van der Waals surface area contributed by atoms with Gasteiger partial charge in [0.15, 0.2) is 5.82 Å². The summed E-state index contributed by atoms with van der Waals surface area (Å²) in [6, 6.07) is 10.7. The molecule has 12 heteroatoms. The quantitative estimate of drug-likeness (QED) is 0.287. The second-order valence-electron chi connectivity index (χ2n) is 10.7. The van der Waals surface area contributed by atoms with Gasteiger partial charge < -0.3 is 34.8 Å². The van der Waals surface area contributed by atoms with Crippen LogP contribution in [-0.2, 0) is 11.3 Å². The Labute approximate surface area is 252 Å². The SMILES string of the molecule is C=CC(=O)Nc1cc(Nc2ncc3c(n2)N(c2ccc(OC)cc2)C(=O)N(C(C)C)C3)c(OC)cc1N(C)CCN(C)C. The Balaban J connectivity index is 1.75. The largest absolute Gasteiger partial charge is 0.497 e. The molecule has 4 rings (SSSR count). The second kappa shape index (κ2) is 13.4. The van der Waals surface area contributed by atoms with E-state index in [1.165, 1.54) is 6.08 Å². The molecule has 0 fully saturated rings. The number of anilines is 6. The van der Waals surface area contributed by atoms with Crippen molar-refractivity contribution in [2.75, 3.05) is 68.9 Å². The van der Waals surface area contributed by atoms with Gasteiger partial charge in [-0.15, -0.1) is 0 Å². The molecular weight excluding hydrogens is 548 g/mol. The first-order valence-electron chi connectivity index (χ1n) is 13.9. The average molecular weight is 589 g/mol. The van der Waals surface area contributed by atoms with Crippen LogP contribution < -0.4 is 29.9 Å². The number of amides is 3. The number of nitrogens with one attached hydrogen (secondary N) is 2. The Hall–Kier alpha value is -4.84. The molecule has 0 saturated heterocycles. The molecule has 3 aromatic rings. The molecular formula is C31H40N8O4. The van der Waals surface area contributed by atoms with E-state index in [2.05, 4.69) is 27.1 Å². The van der Waals surface area contributed by atoms with Gasteiger partial charge in [-0.05, 0) is 64.4 Å². The van der Waals surface area contributed by atoms with Gasteiger partial charge in [-0.1, -0.05) is 6.58 Å². The van der Waals surface area contributed by atoms with E-state index in [1.807, 2.05) is 58.1 Å². The zero-order valence-corrected chi connectivity index (χ0v) is 25.8. The Morgan fingerprint density at radius 2 is 1.81 bits per heavy atom. The van der Waals surface area contributed by atoms with Gasteiger partial charge in [0.25, 0.3) is 0 Å². The van der Waals surface area contributed by atoms with Gasteiger partial charge in [-0.25, -0.2) is 14.7 Å². The highest BCUT2D eigenvalue weighted by Gasteiger charge is 2.34. The van der Waals surface area contributed by atoms with Crippen molar-refractivity contribution in [2.45, 2.75) is 26.4 Å². The number of hydrogen-bond acceptors (Lipinski definition) is 9. The Kier molecular flexibility index (Phi) is 9.71. The minimum atomic E-state index is -0.341. The molecule has 1 aromatic heterocycles. The third-order valence-corrected chi connectivity index (χ3v) is 7.09. The number of likely N-dealkylation sites (N-methyl/N-ethyl adjacent to an activating group) is 2. The predicted molar refractivity (Wildman–Crippen MR) is 170 cm³/mol. The molecule has 0 aliphatic carbocycles. The molecule has 0 bridgehead atoms. The van der Waals surface area contributed by atoms with E-state index in [4.69, 9.17) is 14.5 Å². The number of nitrogens with zero attached hydrogens (tertiary/aromatic N) is 6. The van der Waals surface area contributed by atoms with Crippen molar-refractivity contribution in [2.24, 2.45) is 0 Å². The van der Waals surface area contributed by atoms with Crippen LogP contribution in [0.4, 0.5) is 39.3 Å². The molecule has 0 unspecified atom stereocenters. The van der Waals surface area contributed by atoms with Crippen molar-refractivity contribution < 1.29 is 19.1 Å². The molecule has 228 valence electrons. The Morgan fingerprint density at radius 1 is 1.09 bits per heavy atom. The van der Waals surface area contributed by atoms with Crippen molar-refractivity contribution in [3.63, 3.8) is 0 Å².